The number of hydrogen-bond donors (Lipinski definition) is 1. The average molecular weight is 284 g/mol. The van der Waals surface area contributed by atoms with Crippen LogP contribution in [0.2, 0.25) is 0 Å². The minimum absolute atomic E-state index is 0.132. The maximum Gasteiger partial charge on any atom is 0.218 e. The van der Waals surface area contributed by atoms with E-state index < -0.39 is 0 Å². The molecule has 1 aromatic carbocycles. The van der Waals surface area contributed by atoms with Gasteiger partial charge >= 0.3 is 0 Å². The fourth-order valence-electron chi connectivity index (χ4n) is 2.33. The highest BCUT2D eigenvalue weighted by atomic mass is 16.5. The van der Waals surface area contributed by atoms with Crippen molar-refractivity contribution in [1.82, 2.24) is 10.3 Å². The number of aryl methyl sites for hydroxylation is 1. The molecule has 0 aliphatic carbocycles. The lowest BCUT2D eigenvalue weighted by Gasteiger charge is -2.18. The SMILES string of the molecule is Cc1ccccc1C(C)NCc1cccnc1OC(C)C. The zero-order valence-corrected chi connectivity index (χ0v) is 13.3. The summed E-state index contributed by atoms with van der Waals surface area (Å²) >= 11 is 0. The van der Waals surface area contributed by atoms with E-state index in [1.54, 1.807) is 6.20 Å². The van der Waals surface area contributed by atoms with Crippen molar-refractivity contribution in [3.63, 3.8) is 0 Å². The third-order valence-electron chi connectivity index (χ3n) is 3.45. The number of ether oxygens (including phenoxy) is 1. The number of pyridine rings is 1. The Bertz CT molecular complexity index is 581. The van der Waals surface area contributed by atoms with Crippen LogP contribution in [0.25, 0.3) is 0 Å². The average Bonchev–Trinajstić information content (AvgIpc) is 2.46. The van der Waals surface area contributed by atoms with Crippen molar-refractivity contribution in [3.05, 3.63) is 59.3 Å². The first-order chi connectivity index (χ1) is 10.1. The van der Waals surface area contributed by atoms with Crippen LogP contribution in [0.4, 0.5) is 0 Å². The lowest BCUT2D eigenvalue weighted by molar-refractivity contribution is 0.229. The van der Waals surface area contributed by atoms with E-state index in [4.69, 9.17) is 4.74 Å². The van der Waals surface area contributed by atoms with Crippen molar-refractivity contribution < 1.29 is 4.74 Å². The molecule has 0 fully saturated rings. The van der Waals surface area contributed by atoms with Gasteiger partial charge in [0.25, 0.3) is 0 Å². The molecule has 1 unspecified atom stereocenters. The van der Waals surface area contributed by atoms with Crippen LogP contribution >= 0.6 is 0 Å². The Labute approximate surface area is 127 Å². The second-order valence-electron chi connectivity index (χ2n) is 5.59. The number of nitrogens with zero attached hydrogens (tertiary/aromatic N) is 1. The fourth-order valence-corrected chi connectivity index (χ4v) is 2.33. The molecule has 21 heavy (non-hydrogen) atoms. The Hall–Kier alpha value is -1.87. The maximum atomic E-state index is 5.76. The van der Waals surface area contributed by atoms with Gasteiger partial charge in [-0.1, -0.05) is 30.3 Å². The number of nitrogens with one attached hydrogen (secondary N) is 1. The molecule has 0 saturated carbocycles. The highest BCUT2D eigenvalue weighted by molar-refractivity contribution is 5.29. The van der Waals surface area contributed by atoms with Crippen LogP contribution in [0.5, 0.6) is 5.88 Å². The minimum Gasteiger partial charge on any atom is -0.475 e. The Morgan fingerprint density at radius 1 is 1.10 bits per heavy atom. The Morgan fingerprint density at radius 3 is 2.57 bits per heavy atom. The van der Waals surface area contributed by atoms with Crippen molar-refractivity contribution in [3.8, 4) is 5.88 Å². The number of aromatic nitrogens is 1. The van der Waals surface area contributed by atoms with Gasteiger partial charge in [-0.05, 0) is 44.9 Å². The van der Waals surface area contributed by atoms with Gasteiger partial charge in [-0.2, -0.15) is 0 Å². The van der Waals surface area contributed by atoms with Crippen LogP contribution in [0.3, 0.4) is 0 Å². The smallest absolute Gasteiger partial charge is 0.218 e. The number of benzene rings is 1. The molecule has 0 saturated heterocycles. The summed E-state index contributed by atoms with van der Waals surface area (Å²) in [7, 11) is 0. The van der Waals surface area contributed by atoms with Gasteiger partial charge in [0.15, 0.2) is 0 Å². The van der Waals surface area contributed by atoms with Gasteiger partial charge in [0.1, 0.15) is 0 Å². The van der Waals surface area contributed by atoms with Crippen molar-refractivity contribution in [2.75, 3.05) is 0 Å². The van der Waals surface area contributed by atoms with E-state index in [0.717, 1.165) is 18.0 Å². The molecule has 3 nitrogen and oxygen atoms in total. The van der Waals surface area contributed by atoms with E-state index in [1.165, 1.54) is 11.1 Å². The Morgan fingerprint density at radius 2 is 1.86 bits per heavy atom. The first-order valence-electron chi connectivity index (χ1n) is 7.47. The second-order valence-corrected chi connectivity index (χ2v) is 5.59. The van der Waals surface area contributed by atoms with E-state index in [1.807, 2.05) is 19.9 Å². The molecule has 2 rings (SSSR count). The fraction of sp³-hybridized carbons (Fsp3) is 0.389. The molecule has 2 aromatic rings. The molecule has 0 aliphatic heterocycles. The normalized spacial score (nSPS) is 12.4. The van der Waals surface area contributed by atoms with Gasteiger partial charge in [-0.25, -0.2) is 4.98 Å². The van der Waals surface area contributed by atoms with E-state index in [9.17, 15) is 0 Å². The molecule has 0 spiro atoms. The van der Waals surface area contributed by atoms with Crippen LogP contribution in [0.15, 0.2) is 42.6 Å². The number of rotatable bonds is 6. The van der Waals surface area contributed by atoms with Crippen LogP contribution in [-0.4, -0.2) is 11.1 Å². The van der Waals surface area contributed by atoms with E-state index in [0.29, 0.717) is 6.04 Å². The summed E-state index contributed by atoms with van der Waals surface area (Å²) in [5, 5.41) is 3.55. The summed E-state index contributed by atoms with van der Waals surface area (Å²) in [6.45, 7) is 9.10. The van der Waals surface area contributed by atoms with E-state index in [-0.39, 0.29) is 6.10 Å². The van der Waals surface area contributed by atoms with E-state index in [2.05, 4.69) is 54.5 Å². The lowest BCUT2D eigenvalue weighted by atomic mass is 10.0. The number of hydrogen-bond acceptors (Lipinski definition) is 3. The molecule has 0 aliphatic rings. The monoisotopic (exact) mass is 284 g/mol. The third-order valence-corrected chi connectivity index (χ3v) is 3.45. The van der Waals surface area contributed by atoms with Crippen molar-refractivity contribution >= 4 is 0 Å². The van der Waals surface area contributed by atoms with Crippen molar-refractivity contribution in [2.24, 2.45) is 0 Å². The molecule has 0 amide bonds. The summed E-state index contributed by atoms with van der Waals surface area (Å²) in [5.41, 5.74) is 3.72. The summed E-state index contributed by atoms with van der Waals surface area (Å²) in [6.07, 6.45) is 1.90. The maximum absolute atomic E-state index is 5.76. The highest BCUT2D eigenvalue weighted by Crippen LogP contribution is 2.20. The van der Waals surface area contributed by atoms with Gasteiger partial charge in [-0.3, -0.25) is 0 Å². The molecular formula is C18H24N2O. The standard InChI is InChI=1S/C18H24N2O/c1-13(2)21-18-16(9-7-11-19-18)12-20-15(4)17-10-6-5-8-14(17)3/h5-11,13,15,20H,12H2,1-4H3. The van der Waals surface area contributed by atoms with E-state index >= 15 is 0 Å². The van der Waals surface area contributed by atoms with Gasteiger partial charge in [0.05, 0.1) is 6.10 Å². The molecule has 3 heteroatoms. The van der Waals surface area contributed by atoms with Crippen LogP contribution in [0.1, 0.15) is 43.5 Å². The summed E-state index contributed by atoms with van der Waals surface area (Å²) in [6, 6.07) is 12.8. The van der Waals surface area contributed by atoms with Crippen molar-refractivity contribution in [2.45, 2.75) is 46.4 Å². The summed E-state index contributed by atoms with van der Waals surface area (Å²) in [4.78, 5) is 4.32. The lowest BCUT2D eigenvalue weighted by Crippen LogP contribution is -2.20. The summed E-state index contributed by atoms with van der Waals surface area (Å²) in [5.74, 6) is 0.719. The largest absolute Gasteiger partial charge is 0.475 e. The second kappa shape index (κ2) is 7.23. The minimum atomic E-state index is 0.132. The first-order valence-corrected chi connectivity index (χ1v) is 7.47. The molecule has 112 valence electrons. The third kappa shape index (κ3) is 4.30. The Balaban J connectivity index is 2.05. The quantitative estimate of drug-likeness (QED) is 0.869. The van der Waals surface area contributed by atoms with Gasteiger partial charge in [0, 0.05) is 24.3 Å². The first kappa shape index (κ1) is 15.5. The zero-order valence-electron chi connectivity index (χ0n) is 13.3. The molecule has 1 heterocycles. The zero-order chi connectivity index (χ0) is 15.2. The summed E-state index contributed by atoms with van der Waals surface area (Å²) < 4.78 is 5.76. The molecule has 1 N–H and O–H groups in total. The van der Waals surface area contributed by atoms with Gasteiger partial charge in [-0.15, -0.1) is 0 Å². The van der Waals surface area contributed by atoms with Crippen molar-refractivity contribution in [1.29, 1.82) is 0 Å². The van der Waals surface area contributed by atoms with Crippen LogP contribution in [-0.2, 0) is 6.54 Å². The molecule has 0 bridgehead atoms. The van der Waals surface area contributed by atoms with Crippen LogP contribution in [0, 0.1) is 6.92 Å². The predicted octanol–water partition coefficient (Wildman–Crippen LogP) is 4.03. The Kier molecular flexibility index (Phi) is 5.34. The molecule has 0 radical (unpaired) electrons. The topological polar surface area (TPSA) is 34.2 Å². The highest BCUT2D eigenvalue weighted by Gasteiger charge is 2.10. The molecule has 1 atom stereocenters. The van der Waals surface area contributed by atoms with Gasteiger partial charge in [0.2, 0.25) is 5.88 Å². The predicted molar refractivity (Wildman–Crippen MR) is 86.4 cm³/mol. The molecule has 1 aromatic heterocycles. The van der Waals surface area contributed by atoms with Crippen LogP contribution < -0.4 is 10.1 Å². The molecular weight excluding hydrogens is 260 g/mol. The van der Waals surface area contributed by atoms with Gasteiger partial charge < -0.3 is 10.1 Å².